The van der Waals surface area contributed by atoms with Gasteiger partial charge < -0.3 is 4.90 Å². The number of carbonyl (C=O) groups is 1. The molecule has 94 valence electrons. The lowest BCUT2D eigenvalue weighted by molar-refractivity contribution is 0.0757. The maximum absolute atomic E-state index is 13.0. The first kappa shape index (κ1) is 14.3. The van der Waals surface area contributed by atoms with E-state index in [-0.39, 0.29) is 22.7 Å². The number of thioether (sulfide) groups is 1. The van der Waals surface area contributed by atoms with E-state index in [9.17, 15) is 9.18 Å². The third-order valence-corrected chi connectivity index (χ3v) is 3.54. The molecule has 1 aromatic rings. The Balaban J connectivity index is 2.92. The first-order chi connectivity index (χ1) is 7.97. The molecule has 1 amide bonds. The molecule has 1 rings (SSSR count). The van der Waals surface area contributed by atoms with Crippen LogP contribution in [0.2, 0.25) is 5.15 Å². The minimum atomic E-state index is -0.566. The second-order valence-electron chi connectivity index (χ2n) is 3.71. The van der Waals surface area contributed by atoms with Gasteiger partial charge in [0.25, 0.3) is 5.91 Å². The Bertz CT molecular complexity index is 416. The zero-order valence-electron chi connectivity index (χ0n) is 9.91. The number of hydrogen-bond acceptors (Lipinski definition) is 3. The molecule has 0 fully saturated rings. The van der Waals surface area contributed by atoms with Gasteiger partial charge in [-0.1, -0.05) is 11.6 Å². The Hall–Kier alpha value is -0.810. The maximum Gasteiger partial charge on any atom is 0.257 e. The number of rotatable bonds is 4. The summed E-state index contributed by atoms with van der Waals surface area (Å²) >= 11 is 7.43. The normalized spacial score (nSPS) is 12.3. The molecule has 0 saturated heterocycles. The van der Waals surface area contributed by atoms with Crippen LogP contribution in [-0.2, 0) is 0 Å². The van der Waals surface area contributed by atoms with Gasteiger partial charge in [-0.15, -0.1) is 0 Å². The highest BCUT2D eigenvalue weighted by molar-refractivity contribution is 7.98. The summed E-state index contributed by atoms with van der Waals surface area (Å²) in [5.41, 5.74) is 0.0992. The number of amides is 1. The minimum absolute atomic E-state index is 0.0274. The van der Waals surface area contributed by atoms with E-state index in [4.69, 9.17) is 11.6 Å². The zero-order valence-corrected chi connectivity index (χ0v) is 11.5. The maximum atomic E-state index is 13.0. The number of nitrogens with zero attached hydrogens (tertiary/aromatic N) is 2. The van der Waals surface area contributed by atoms with Crippen LogP contribution in [0.4, 0.5) is 4.39 Å². The van der Waals surface area contributed by atoms with Gasteiger partial charge in [0.1, 0.15) is 11.0 Å². The third-order valence-electron chi connectivity index (χ3n) is 2.43. The summed E-state index contributed by atoms with van der Waals surface area (Å²) in [7, 11) is 1.67. The fraction of sp³-hybridized carbons (Fsp3) is 0.455. The summed E-state index contributed by atoms with van der Waals surface area (Å²) in [5.74, 6) is -0.0741. The Labute approximate surface area is 109 Å². The molecular formula is C11H14ClFN2OS. The lowest BCUT2D eigenvalue weighted by atomic mass is 10.2. The van der Waals surface area contributed by atoms with Crippen molar-refractivity contribution in [1.82, 2.24) is 9.88 Å². The van der Waals surface area contributed by atoms with Crippen LogP contribution >= 0.6 is 23.4 Å². The predicted molar refractivity (Wildman–Crippen MR) is 69.1 cm³/mol. The molecule has 3 nitrogen and oxygen atoms in total. The van der Waals surface area contributed by atoms with Crippen LogP contribution in [0, 0.1) is 5.82 Å². The summed E-state index contributed by atoms with van der Waals surface area (Å²) in [6.45, 7) is 1.93. The number of carbonyl (C=O) groups excluding carboxylic acids is 1. The Kier molecular flexibility index (Phi) is 5.21. The Morgan fingerprint density at radius 1 is 1.71 bits per heavy atom. The van der Waals surface area contributed by atoms with Crippen molar-refractivity contribution < 1.29 is 9.18 Å². The van der Waals surface area contributed by atoms with Gasteiger partial charge in [-0.3, -0.25) is 4.79 Å². The number of aromatic nitrogens is 1. The fourth-order valence-electron chi connectivity index (χ4n) is 1.32. The Morgan fingerprint density at radius 2 is 2.35 bits per heavy atom. The van der Waals surface area contributed by atoms with E-state index in [2.05, 4.69) is 4.98 Å². The molecule has 1 unspecified atom stereocenters. The molecule has 1 heterocycles. The lowest BCUT2D eigenvalue weighted by Crippen LogP contribution is -2.36. The molecule has 0 spiro atoms. The average Bonchev–Trinajstić information content (AvgIpc) is 2.30. The molecular weight excluding hydrogens is 263 g/mol. The predicted octanol–water partition coefficient (Wildman–Crippen LogP) is 2.70. The molecule has 0 saturated carbocycles. The first-order valence-electron chi connectivity index (χ1n) is 5.04. The van der Waals surface area contributed by atoms with Gasteiger partial charge in [0.05, 0.1) is 11.8 Å². The average molecular weight is 277 g/mol. The minimum Gasteiger partial charge on any atom is -0.338 e. The largest absolute Gasteiger partial charge is 0.338 e. The van der Waals surface area contributed by atoms with Crippen molar-refractivity contribution in [2.75, 3.05) is 19.1 Å². The number of halogens is 2. The van der Waals surface area contributed by atoms with Crippen molar-refractivity contribution in [3.05, 3.63) is 28.8 Å². The highest BCUT2D eigenvalue weighted by atomic mass is 35.5. The summed E-state index contributed by atoms with van der Waals surface area (Å²) < 4.78 is 13.0. The van der Waals surface area contributed by atoms with Gasteiger partial charge in [-0.2, -0.15) is 11.8 Å². The second kappa shape index (κ2) is 6.21. The SMILES string of the molecule is CSCC(C)N(C)C(=O)c1cc(F)cnc1Cl. The molecule has 1 aromatic heterocycles. The molecule has 0 N–H and O–H groups in total. The van der Waals surface area contributed by atoms with Gasteiger partial charge in [0, 0.05) is 18.8 Å². The molecule has 6 heteroatoms. The number of hydrogen-bond donors (Lipinski definition) is 0. The van der Waals surface area contributed by atoms with Crippen molar-refractivity contribution in [3.63, 3.8) is 0 Å². The topological polar surface area (TPSA) is 33.2 Å². The summed E-state index contributed by atoms with van der Waals surface area (Å²) in [4.78, 5) is 17.2. The molecule has 0 aliphatic heterocycles. The lowest BCUT2D eigenvalue weighted by Gasteiger charge is -2.24. The van der Waals surface area contributed by atoms with Crippen LogP contribution in [0.3, 0.4) is 0 Å². The van der Waals surface area contributed by atoms with E-state index in [1.54, 1.807) is 23.7 Å². The highest BCUT2D eigenvalue weighted by Gasteiger charge is 2.20. The standard InChI is InChI=1S/C11H14ClFN2OS/c1-7(6-17-3)15(2)11(16)9-4-8(13)5-14-10(9)12/h4-5,7H,6H2,1-3H3. The van der Waals surface area contributed by atoms with Crippen LogP contribution < -0.4 is 0 Å². The van der Waals surface area contributed by atoms with Crippen molar-refractivity contribution >= 4 is 29.3 Å². The van der Waals surface area contributed by atoms with E-state index in [0.717, 1.165) is 18.0 Å². The highest BCUT2D eigenvalue weighted by Crippen LogP contribution is 2.17. The quantitative estimate of drug-likeness (QED) is 0.793. The van der Waals surface area contributed by atoms with E-state index in [0.29, 0.717) is 0 Å². The molecule has 0 bridgehead atoms. The van der Waals surface area contributed by atoms with Crippen molar-refractivity contribution in [2.24, 2.45) is 0 Å². The van der Waals surface area contributed by atoms with E-state index < -0.39 is 5.82 Å². The molecule has 0 radical (unpaired) electrons. The van der Waals surface area contributed by atoms with Gasteiger partial charge in [-0.05, 0) is 19.2 Å². The summed E-state index contributed by atoms with van der Waals surface area (Å²) in [6.07, 6.45) is 2.95. The number of pyridine rings is 1. The van der Waals surface area contributed by atoms with Gasteiger partial charge in [0.15, 0.2) is 0 Å². The molecule has 0 aliphatic rings. The van der Waals surface area contributed by atoms with E-state index in [1.807, 2.05) is 13.2 Å². The van der Waals surface area contributed by atoms with Crippen LogP contribution in [0.1, 0.15) is 17.3 Å². The van der Waals surface area contributed by atoms with Crippen molar-refractivity contribution in [2.45, 2.75) is 13.0 Å². The van der Waals surface area contributed by atoms with Crippen LogP contribution in [0.25, 0.3) is 0 Å². The fourth-order valence-corrected chi connectivity index (χ4v) is 2.21. The van der Waals surface area contributed by atoms with Crippen molar-refractivity contribution in [3.8, 4) is 0 Å². The van der Waals surface area contributed by atoms with Crippen LogP contribution in [0.5, 0.6) is 0 Å². The second-order valence-corrected chi connectivity index (χ2v) is 4.98. The van der Waals surface area contributed by atoms with Crippen LogP contribution in [-0.4, -0.2) is 40.9 Å². The molecule has 1 atom stereocenters. The van der Waals surface area contributed by atoms with Crippen molar-refractivity contribution in [1.29, 1.82) is 0 Å². The summed E-state index contributed by atoms with van der Waals surface area (Å²) in [6, 6.07) is 1.16. The monoisotopic (exact) mass is 276 g/mol. The zero-order chi connectivity index (χ0) is 13.0. The first-order valence-corrected chi connectivity index (χ1v) is 6.81. The van der Waals surface area contributed by atoms with Gasteiger partial charge >= 0.3 is 0 Å². The van der Waals surface area contributed by atoms with Crippen LogP contribution in [0.15, 0.2) is 12.3 Å². The molecule has 0 aromatic carbocycles. The van der Waals surface area contributed by atoms with E-state index in [1.165, 1.54) is 0 Å². The smallest absolute Gasteiger partial charge is 0.257 e. The molecule has 17 heavy (non-hydrogen) atoms. The Morgan fingerprint density at radius 3 is 2.94 bits per heavy atom. The molecule has 0 aliphatic carbocycles. The van der Waals surface area contributed by atoms with E-state index >= 15 is 0 Å². The van der Waals surface area contributed by atoms with Gasteiger partial charge in [0.2, 0.25) is 0 Å². The van der Waals surface area contributed by atoms with Gasteiger partial charge in [-0.25, -0.2) is 9.37 Å². The summed E-state index contributed by atoms with van der Waals surface area (Å²) in [5, 5.41) is 0.0274. The third kappa shape index (κ3) is 3.57.